The maximum Gasteiger partial charge on any atom is 0.417 e. The lowest BCUT2D eigenvalue weighted by Gasteiger charge is -2.10. The monoisotopic (exact) mass is 307 g/mol. The van der Waals surface area contributed by atoms with Crippen LogP contribution < -0.4 is 5.73 Å². The summed E-state index contributed by atoms with van der Waals surface area (Å²) in [6, 6.07) is 3.63. The second-order valence-corrected chi connectivity index (χ2v) is 4.06. The van der Waals surface area contributed by atoms with E-state index in [0.29, 0.717) is 4.47 Å². The maximum absolute atomic E-state index is 12.8. The summed E-state index contributed by atoms with van der Waals surface area (Å²) < 4.78 is 43.3. The van der Waals surface area contributed by atoms with E-state index in [2.05, 4.69) is 30.6 Å². The number of nitrogens with two attached hydrogens (primary N) is 1. The van der Waals surface area contributed by atoms with Gasteiger partial charge in [0.05, 0.1) is 11.1 Å². The minimum absolute atomic E-state index is 0.204. The molecule has 2 rings (SSSR count). The van der Waals surface area contributed by atoms with Gasteiger partial charge in [-0.3, -0.25) is 0 Å². The Labute approximate surface area is 102 Å². The fourth-order valence-corrected chi connectivity index (χ4v) is 1.64. The van der Waals surface area contributed by atoms with E-state index >= 15 is 0 Å². The van der Waals surface area contributed by atoms with Crippen LogP contribution in [0.5, 0.6) is 0 Å². The van der Waals surface area contributed by atoms with Crippen molar-refractivity contribution in [2.24, 2.45) is 0 Å². The van der Waals surface area contributed by atoms with E-state index in [1.54, 1.807) is 0 Å². The zero-order chi connectivity index (χ0) is 12.6. The van der Waals surface area contributed by atoms with E-state index in [4.69, 9.17) is 5.73 Å². The Hall–Kier alpha value is -1.57. The lowest BCUT2D eigenvalue weighted by Crippen LogP contribution is -2.07. The summed E-state index contributed by atoms with van der Waals surface area (Å²) in [5, 5.41) is 3.25. The molecule has 0 bridgehead atoms. The molecule has 0 saturated heterocycles. The summed E-state index contributed by atoms with van der Waals surface area (Å²) in [5.74, 6) is -0.474. The third kappa shape index (κ3) is 2.41. The van der Waals surface area contributed by atoms with Crippen LogP contribution in [0.15, 0.2) is 27.2 Å². The first-order chi connectivity index (χ1) is 7.88. The number of alkyl halides is 3. The third-order valence-corrected chi connectivity index (χ3v) is 2.45. The Morgan fingerprint density at radius 1 is 1.29 bits per heavy atom. The van der Waals surface area contributed by atoms with E-state index in [1.165, 1.54) is 12.1 Å². The van der Waals surface area contributed by atoms with Gasteiger partial charge in [-0.05, 0) is 23.4 Å². The van der Waals surface area contributed by atoms with Crippen molar-refractivity contribution < 1.29 is 17.7 Å². The summed E-state index contributed by atoms with van der Waals surface area (Å²) in [6.45, 7) is 0. The van der Waals surface area contributed by atoms with E-state index in [-0.39, 0.29) is 17.4 Å². The molecule has 90 valence electrons. The van der Waals surface area contributed by atoms with Crippen LogP contribution in [0.3, 0.4) is 0 Å². The first kappa shape index (κ1) is 11.9. The molecule has 0 spiro atoms. The number of nitrogen functional groups attached to an aromatic ring is 1. The van der Waals surface area contributed by atoms with Crippen molar-refractivity contribution in [2.45, 2.75) is 6.18 Å². The molecule has 1 aromatic heterocycles. The van der Waals surface area contributed by atoms with Crippen LogP contribution in [-0.4, -0.2) is 10.1 Å². The van der Waals surface area contributed by atoms with Gasteiger partial charge in [-0.1, -0.05) is 15.9 Å². The van der Waals surface area contributed by atoms with Gasteiger partial charge in [-0.2, -0.15) is 18.2 Å². The van der Waals surface area contributed by atoms with E-state index in [0.717, 1.165) is 6.07 Å². The molecule has 0 atom stereocenters. The molecule has 0 aliphatic heterocycles. The SMILES string of the molecule is Nc1noc(-c2ccc(Br)cc2C(F)(F)F)n1. The summed E-state index contributed by atoms with van der Waals surface area (Å²) in [6.07, 6.45) is -4.51. The summed E-state index contributed by atoms with van der Waals surface area (Å²) in [7, 11) is 0. The number of halogens is 4. The van der Waals surface area contributed by atoms with Gasteiger partial charge in [0, 0.05) is 4.47 Å². The molecule has 0 radical (unpaired) electrons. The standard InChI is InChI=1S/C9H5BrF3N3O/c10-4-1-2-5(6(3-4)9(11,12)13)7-15-8(14)16-17-7/h1-3H,(H2,14,16). The predicted octanol–water partition coefficient (Wildman–Crippen LogP) is 3.10. The highest BCUT2D eigenvalue weighted by Crippen LogP contribution is 2.38. The van der Waals surface area contributed by atoms with Crippen LogP contribution >= 0.6 is 15.9 Å². The molecule has 0 unspecified atom stereocenters. The van der Waals surface area contributed by atoms with Crippen molar-refractivity contribution in [2.75, 3.05) is 5.73 Å². The zero-order valence-electron chi connectivity index (χ0n) is 8.12. The molecule has 0 amide bonds. The fraction of sp³-hybridized carbons (Fsp3) is 0.111. The van der Waals surface area contributed by atoms with E-state index < -0.39 is 11.7 Å². The second-order valence-electron chi connectivity index (χ2n) is 3.15. The highest BCUT2D eigenvalue weighted by Gasteiger charge is 2.35. The molecule has 2 N–H and O–H groups in total. The Morgan fingerprint density at radius 2 is 2.00 bits per heavy atom. The van der Waals surface area contributed by atoms with Gasteiger partial charge in [-0.15, -0.1) is 0 Å². The normalized spacial score (nSPS) is 11.8. The molecule has 0 aliphatic carbocycles. The van der Waals surface area contributed by atoms with Crippen molar-refractivity contribution in [1.29, 1.82) is 0 Å². The highest BCUT2D eigenvalue weighted by molar-refractivity contribution is 9.10. The molecule has 0 aliphatic rings. The topological polar surface area (TPSA) is 64.9 Å². The van der Waals surface area contributed by atoms with Crippen LogP contribution in [0.1, 0.15) is 5.56 Å². The average Bonchev–Trinajstić information content (AvgIpc) is 2.63. The summed E-state index contributed by atoms with van der Waals surface area (Å²) in [5.41, 5.74) is 4.13. The van der Waals surface area contributed by atoms with Gasteiger partial charge in [-0.25, -0.2) is 0 Å². The quantitative estimate of drug-likeness (QED) is 0.879. The van der Waals surface area contributed by atoms with Crippen LogP contribution in [0.4, 0.5) is 19.1 Å². The van der Waals surface area contributed by atoms with Crippen LogP contribution in [0.25, 0.3) is 11.5 Å². The summed E-state index contributed by atoms with van der Waals surface area (Å²) >= 11 is 2.98. The minimum Gasteiger partial charge on any atom is -0.365 e. The van der Waals surface area contributed by atoms with E-state index in [1.807, 2.05) is 0 Å². The van der Waals surface area contributed by atoms with Gasteiger partial charge >= 0.3 is 6.18 Å². The van der Waals surface area contributed by atoms with Crippen molar-refractivity contribution >= 4 is 21.9 Å². The van der Waals surface area contributed by atoms with Crippen LogP contribution in [0, 0.1) is 0 Å². The van der Waals surface area contributed by atoms with Crippen molar-refractivity contribution in [3.8, 4) is 11.5 Å². The largest absolute Gasteiger partial charge is 0.417 e. The highest BCUT2D eigenvalue weighted by atomic mass is 79.9. The van der Waals surface area contributed by atoms with Gasteiger partial charge in [0.2, 0.25) is 0 Å². The predicted molar refractivity (Wildman–Crippen MR) is 56.8 cm³/mol. The molecule has 0 fully saturated rings. The number of anilines is 1. The number of rotatable bonds is 1. The van der Waals surface area contributed by atoms with Crippen LogP contribution in [0.2, 0.25) is 0 Å². The molecule has 0 saturated carbocycles. The molecule has 4 nitrogen and oxygen atoms in total. The lowest BCUT2D eigenvalue weighted by atomic mass is 10.1. The zero-order valence-corrected chi connectivity index (χ0v) is 9.71. The molecule has 8 heteroatoms. The van der Waals surface area contributed by atoms with Crippen LogP contribution in [-0.2, 0) is 6.18 Å². The Kier molecular flexibility index (Phi) is 2.82. The number of nitrogens with zero attached hydrogens (tertiary/aromatic N) is 2. The Bertz CT molecular complexity index is 553. The first-order valence-electron chi connectivity index (χ1n) is 4.34. The van der Waals surface area contributed by atoms with Gasteiger partial charge < -0.3 is 10.3 Å². The molecule has 1 aromatic carbocycles. The van der Waals surface area contributed by atoms with Gasteiger partial charge in [0.15, 0.2) is 0 Å². The van der Waals surface area contributed by atoms with Gasteiger partial charge in [0.1, 0.15) is 0 Å². The lowest BCUT2D eigenvalue weighted by molar-refractivity contribution is -0.137. The average molecular weight is 308 g/mol. The minimum atomic E-state index is -4.51. The fourth-order valence-electron chi connectivity index (χ4n) is 1.28. The third-order valence-electron chi connectivity index (χ3n) is 1.96. The Morgan fingerprint density at radius 3 is 2.53 bits per heavy atom. The maximum atomic E-state index is 12.8. The number of aromatic nitrogens is 2. The Balaban J connectivity index is 2.61. The molecule has 1 heterocycles. The first-order valence-corrected chi connectivity index (χ1v) is 5.13. The van der Waals surface area contributed by atoms with Crippen molar-refractivity contribution in [1.82, 2.24) is 10.1 Å². The summed E-state index contributed by atoms with van der Waals surface area (Å²) in [4.78, 5) is 3.57. The number of hydrogen-bond donors (Lipinski definition) is 1. The molecule has 17 heavy (non-hydrogen) atoms. The van der Waals surface area contributed by atoms with Crippen molar-refractivity contribution in [3.63, 3.8) is 0 Å². The smallest absolute Gasteiger partial charge is 0.365 e. The molecular formula is C9H5BrF3N3O. The molecular weight excluding hydrogens is 303 g/mol. The van der Waals surface area contributed by atoms with E-state index in [9.17, 15) is 13.2 Å². The number of hydrogen-bond acceptors (Lipinski definition) is 4. The number of benzene rings is 1. The molecule has 2 aromatic rings. The van der Waals surface area contributed by atoms with Gasteiger partial charge in [0.25, 0.3) is 11.8 Å². The van der Waals surface area contributed by atoms with Crippen molar-refractivity contribution in [3.05, 3.63) is 28.2 Å². The second kappa shape index (κ2) is 4.02.